The van der Waals surface area contributed by atoms with Gasteiger partial charge < -0.3 is 19.7 Å². The maximum atomic E-state index is 10.2. The maximum absolute atomic E-state index is 10.2. The molecule has 0 radical (unpaired) electrons. The number of hydrogen-bond acceptors (Lipinski definition) is 4. The second-order valence-corrected chi connectivity index (χ2v) is 5.75. The van der Waals surface area contributed by atoms with Crippen molar-refractivity contribution in [3.8, 4) is 5.75 Å². The lowest BCUT2D eigenvalue weighted by Gasteiger charge is -2.10. The molecule has 0 saturated carbocycles. The highest BCUT2D eigenvalue weighted by Gasteiger charge is 2.13. The van der Waals surface area contributed by atoms with E-state index in [1.54, 1.807) is 48.7 Å². The third-order valence-electron chi connectivity index (χ3n) is 3.81. The molecule has 24 heavy (non-hydrogen) atoms. The van der Waals surface area contributed by atoms with Gasteiger partial charge in [0.05, 0.1) is 12.4 Å². The molecular formula is C20H24O4. The standard InChI is InChI=1S/C20H24O4/c1-2-7-15(14-19(23)20-12-6-13-24-20)8-5-11-18(22)16-9-3-4-10-17(16)21/h3-6,9-10,12-13,18-19,21-23H,2,7,11,14H2,1H3/t8?,18-,19-/m1/s1. The number of phenols is 1. The lowest BCUT2D eigenvalue weighted by molar-refractivity contribution is 0.149. The van der Waals surface area contributed by atoms with E-state index in [0.717, 1.165) is 18.4 Å². The van der Waals surface area contributed by atoms with Gasteiger partial charge in [-0.15, -0.1) is 5.73 Å². The summed E-state index contributed by atoms with van der Waals surface area (Å²) in [5.41, 5.74) is 4.66. The van der Waals surface area contributed by atoms with Crippen molar-refractivity contribution in [3.63, 3.8) is 0 Å². The number of furan rings is 1. The van der Waals surface area contributed by atoms with E-state index in [1.165, 1.54) is 0 Å². The molecule has 0 amide bonds. The van der Waals surface area contributed by atoms with Gasteiger partial charge in [0, 0.05) is 18.4 Å². The van der Waals surface area contributed by atoms with Gasteiger partial charge >= 0.3 is 0 Å². The van der Waals surface area contributed by atoms with Crippen LogP contribution in [0.3, 0.4) is 0 Å². The minimum absolute atomic E-state index is 0.0874. The van der Waals surface area contributed by atoms with Gasteiger partial charge in [0.15, 0.2) is 0 Å². The SMILES string of the molecule is CCCC(=C=CC[C@@H](O)c1ccccc1O)C[C@@H](O)c1ccco1. The van der Waals surface area contributed by atoms with E-state index in [9.17, 15) is 15.3 Å². The molecule has 0 aliphatic rings. The Morgan fingerprint density at radius 3 is 2.62 bits per heavy atom. The van der Waals surface area contributed by atoms with Crippen LogP contribution in [0.2, 0.25) is 0 Å². The molecule has 4 heteroatoms. The van der Waals surface area contributed by atoms with E-state index in [2.05, 4.69) is 12.7 Å². The van der Waals surface area contributed by atoms with Crippen LogP contribution in [0.15, 0.2) is 64.5 Å². The van der Waals surface area contributed by atoms with Gasteiger partial charge in [-0.2, -0.15) is 0 Å². The monoisotopic (exact) mass is 328 g/mol. The van der Waals surface area contributed by atoms with E-state index >= 15 is 0 Å². The van der Waals surface area contributed by atoms with E-state index in [0.29, 0.717) is 24.2 Å². The average molecular weight is 328 g/mol. The first kappa shape index (κ1) is 18.1. The quantitative estimate of drug-likeness (QED) is 0.627. The van der Waals surface area contributed by atoms with Crippen molar-refractivity contribution >= 4 is 0 Å². The van der Waals surface area contributed by atoms with Crippen LogP contribution in [0.5, 0.6) is 5.75 Å². The Morgan fingerprint density at radius 2 is 1.96 bits per heavy atom. The van der Waals surface area contributed by atoms with Gasteiger partial charge in [0.2, 0.25) is 0 Å². The van der Waals surface area contributed by atoms with Gasteiger partial charge in [-0.25, -0.2) is 0 Å². The topological polar surface area (TPSA) is 73.8 Å². The fourth-order valence-corrected chi connectivity index (χ4v) is 2.56. The molecule has 4 nitrogen and oxygen atoms in total. The largest absolute Gasteiger partial charge is 0.508 e. The summed E-state index contributed by atoms with van der Waals surface area (Å²) in [4.78, 5) is 0. The van der Waals surface area contributed by atoms with Crippen molar-refractivity contribution in [1.29, 1.82) is 0 Å². The molecule has 0 bridgehead atoms. The van der Waals surface area contributed by atoms with E-state index in [1.807, 2.05) is 0 Å². The van der Waals surface area contributed by atoms with Gasteiger partial charge in [-0.05, 0) is 36.3 Å². The molecule has 1 aromatic carbocycles. The number of hydrogen-bond donors (Lipinski definition) is 3. The molecule has 1 heterocycles. The molecule has 0 aliphatic carbocycles. The van der Waals surface area contributed by atoms with Gasteiger partial charge in [-0.1, -0.05) is 31.5 Å². The zero-order valence-corrected chi connectivity index (χ0v) is 13.9. The third kappa shape index (κ3) is 5.14. The van der Waals surface area contributed by atoms with Crippen LogP contribution in [0.1, 0.15) is 56.1 Å². The number of aliphatic hydroxyl groups excluding tert-OH is 2. The summed E-state index contributed by atoms with van der Waals surface area (Å²) in [5.74, 6) is 0.629. The Hall–Kier alpha value is -2.26. The smallest absolute Gasteiger partial charge is 0.132 e. The van der Waals surface area contributed by atoms with Crippen LogP contribution >= 0.6 is 0 Å². The summed E-state index contributed by atoms with van der Waals surface area (Å²) in [6.07, 6.45) is 4.40. The molecule has 0 fully saturated rings. The molecular weight excluding hydrogens is 304 g/mol. The molecule has 2 atom stereocenters. The second-order valence-electron chi connectivity index (χ2n) is 5.75. The third-order valence-corrected chi connectivity index (χ3v) is 3.81. The van der Waals surface area contributed by atoms with Crippen LogP contribution in [-0.2, 0) is 0 Å². The zero-order chi connectivity index (χ0) is 17.4. The first-order valence-electron chi connectivity index (χ1n) is 8.22. The van der Waals surface area contributed by atoms with Crippen LogP contribution < -0.4 is 0 Å². The number of aromatic hydroxyl groups is 1. The van der Waals surface area contributed by atoms with Crippen LogP contribution in [-0.4, -0.2) is 15.3 Å². The number of benzene rings is 1. The highest BCUT2D eigenvalue weighted by molar-refractivity contribution is 5.33. The van der Waals surface area contributed by atoms with E-state index < -0.39 is 12.2 Å². The molecule has 3 N–H and O–H groups in total. The summed E-state index contributed by atoms with van der Waals surface area (Å²) in [5, 5.41) is 30.1. The average Bonchev–Trinajstić information content (AvgIpc) is 3.10. The van der Waals surface area contributed by atoms with Gasteiger partial charge in [0.25, 0.3) is 0 Å². The molecule has 2 rings (SSSR count). The minimum atomic E-state index is -0.781. The number of phenolic OH excluding ortho intramolecular Hbond substituents is 1. The first-order chi connectivity index (χ1) is 11.6. The normalized spacial score (nSPS) is 13.1. The Morgan fingerprint density at radius 1 is 1.17 bits per heavy atom. The van der Waals surface area contributed by atoms with Gasteiger partial charge in [-0.3, -0.25) is 0 Å². The summed E-state index contributed by atoms with van der Waals surface area (Å²) >= 11 is 0. The fraction of sp³-hybridized carbons (Fsp3) is 0.350. The molecule has 2 aromatic rings. The molecule has 0 aliphatic heterocycles. The predicted molar refractivity (Wildman–Crippen MR) is 92.5 cm³/mol. The summed E-state index contributed by atoms with van der Waals surface area (Å²) in [6.45, 7) is 2.07. The fourth-order valence-electron chi connectivity index (χ4n) is 2.56. The first-order valence-corrected chi connectivity index (χ1v) is 8.22. The maximum Gasteiger partial charge on any atom is 0.132 e. The molecule has 0 unspecified atom stereocenters. The Labute approximate surface area is 142 Å². The predicted octanol–water partition coefficient (Wildman–Crippen LogP) is 4.41. The number of para-hydroxylation sites is 1. The number of rotatable bonds is 8. The summed E-state index contributed by atoms with van der Waals surface area (Å²) < 4.78 is 5.22. The van der Waals surface area contributed by atoms with Crippen molar-refractivity contribution in [2.75, 3.05) is 0 Å². The molecule has 128 valence electrons. The molecule has 0 spiro atoms. The summed E-state index contributed by atoms with van der Waals surface area (Å²) in [6, 6.07) is 10.3. The molecule has 0 saturated heterocycles. The molecule has 1 aromatic heterocycles. The van der Waals surface area contributed by atoms with Crippen molar-refractivity contribution in [2.45, 2.75) is 44.8 Å². The van der Waals surface area contributed by atoms with Gasteiger partial charge in [0.1, 0.15) is 17.6 Å². The van der Waals surface area contributed by atoms with Crippen molar-refractivity contribution in [3.05, 3.63) is 71.4 Å². The zero-order valence-electron chi connectivity index (χ0n) is 13.9. The van der Waals surface area contributed by atoms with Crippen molar-refractivity contribution in [2.24, 2.45) is 0 Å². The number of aliphatic hydroxyl groups is 2. The Balaban J connectivity index is 2.03. The minimum Gasteiger partial charge on any atom is -0.508 e. The van der Waals surface area contributed by atoms with E-state index in [4.69, 9.17) is 4.42 Å². The van der Waals surface area contributed by atoms with Crippen molar-refractivity contribution in [1.82, 2.24) is 0 Å². The van der Waals surface area contributed by atoms with Crippen LogP contribution in [0.25, 0.3) is 0 Å². The Kier molecular flexibility index (Phi) is 6.89. The van der Waals surface area contributed by atoms with Crippen LogP contribution in [0, 0.1) is 0 Å². The Bertz CT molecular complexity index is 681. The van der Waals surface area contributed by atoms with E-state index in [-0.39, 0.29) is 5.75 Å². The lowest BCUT2D eigenvalue weighted by atomic mass is 10.0. The lowest BCUT2D eigenvalue weighted by Crippen LogP contribution is -1.98. The highest BCUT2D eigenvalue weighted by atomic mass is 16.4. The van der Waals surface area contributed by atoms with Crippen molar-refractivity contribution < 1.29 is 19.7 Å². The second kappa shape index (κ2) is 9.14. The summed E-state index contributed by atoms with van der Waals surface area (Å²) in [7, 11) is 0. The highest BCUT2D eigenvalue weighted by Crippen LogP contribution is 2.26. The van der Waals surface area contributed by atoms with Crippen LogP contribution in [0.4, 0.5) is 0 Å².